The van der Waals surface area contributed by atoms with Crippen molar-refractivity contribution in [3.05, 3.63) is 24.3 Å². The Kier molecular flexibility index (Phi) is 10.1. The Morgan fingerprint density at radius 2 is 1.97 bits per heavy atom. The van der Waals surface area contributed by atoms with E-state index in [1.165, 1.54) is 25.8 Å². The quantitative estimate of drug-likeness (QED) is 0.455. The van der Waals surface area contributed by atoms with Crippen molar-refractivity contribution >= 4 is 11.6 Å². The van der Waals surface area contributed by atoms with Crippen LogP contribution in [0, 0.1) is 5.92 Å². The van der Waals surface area contributed by atoms with Crippen LogP contribution in [0.3, 0.4) is 0 Å². The van der Waals surface area contributed by atoms with E-state index < -0.39 is 5.60 Å². The summed E-state index contributed by atoms with van der Waals surface area (Å²) in [5, 5.41) is 3.01. The second-order valence-electron chi connectivity index (χ2n) is 9.24. The van der Waals surface area contributed by atoms with Crippen molar-refractivity contribution < 1.29 is 14.3 Å². The molecule has 0 bridgehead atoms. The fourth-order valence-electron chi connectivity index (χ4n) is 4.17. The third-order valence-electron chi connectivity index (χ3n) is 5.81. The van der Waals surface area contributed by atoms with Gasteiger partial charge in [0.15, 0.2) is 0 Å². The van der Waals surface area contributed by atoms with Crippen LogP contribution in [0.4, 0.5) is 5.69 Å². The minimum absolute atomic E-state index is 0.0889. The molecule has 30 heavy (non-hydrogen) atoms. The minimum atomic E-state index is -0.815. The molecule has 1 amide bonds. The molecule has 0 unspecified atom stereocenters. The molecule has 1 heterocycles. The van der Waals surface area contributed by atoms with Gasteiger partial charge in [-0.2, -0.15) is 0 Å². The molecule has 2 atom stereocenters. The molecule has 1 fully saturated rings. The second-order valence-corrected chi connectivity index (χ2v) is 9.24. The Hall–Kier alpha value is -1.59. The fourth-order valence-corrected chi connectivity index (χ4v) is 4.17. The number of nitrogens with one attached hydrogen (secondary N) is 1. The smallest absolute Gasteiger partial charge is 0.256 e. The molecule has 0 aromatic heterocycles. The largest absolute Gasteiger partial charge is 0.494 e. The number of anilines is 1. The zero-order valence-electron chi connectivity index (χ0n) is 19.7. The number of carbonyl (C=O) groups excluding carboxylic acids is 1. The summed E-state index contributed by atoms with van der Waals surface area (Å²) in [7, 11) is 0. The van der Waals surface area contributed by atoms with Crippen LogP contribution < -0.4 is 10.1 Å². The Morgan fingerprint density at radius 1 is 1.23 bits per heavy atom. The summed E-state index contributed by atoms with van der Waals surface area (Å²) >= 11 is 0. The zero-order chi connectivity index (χ0) is 22.0. The van der Waals surface area contributed by atoms with Crippen molar-refractivity contribution in [3.63, 3.8) is 0 Å². The van der Waals surface area contributed by atoms with E-state index in [1.54, 1.807) is 0 Å². The van der Waals surface area contributed by atoms with Gasteiger partial charge in [0.1, 0.15) is 11.4 Å². The van der Waals surface area contributed by atoms with Crippen LogP contribution >= 0.6 is 0 Å². The SMILES string of the molecule is CCCO[C@](C)(CC(C)C)C(=O)Nc1ccc(OCCCN2CCCC[C@@H]2C)cc1. The average molecular weight is 419 g/mol. The first-order valence-electron chi connectivity index (χ1n) is 11.8. The van der Waals surface area contributed by atoms with Gasteiger partial charge >= 0.3 is 0 Å². The molecule has 1 aliphatic heterocycles. The summed E-state index contributed by atoms with van der Waals surface area (Å²) in [6, 6.07) is 8.34. The molecule has 1 aromatic carbocycles. The van der Waals surface area contributed by atoms with Crippen molar-refractivity contribution in [2.45, 2.75) is 84.8 Å². The van der Waals surface area contributed by atoms with Crippen LogP contribution in [0.1, 0.15) is 73.1 Å². The van der Waals surface area contributed by atoms with Gasteiger partial charge < -0.3 is 19.7 Å². The third kappa shape index (κ3) is 7.92. The van der Waals surface area contributed by atoms with E-state index in [2.05, 4.69) is 37.9 Å². The molecule has 1 aromatic rings. The second kappa shape index (κ2) is 12.3. The molecule has 0 radical (unpaired) electrons. The highest BCUT2D eigenvalue weighted by atomic mass is 16.5. The first-order chi connectivity index (χ1) is 14.3. The monoisotopic (exact) mass is 418 g/mol. The molecular weight excluding hydrogens is 376 g/mol. The Bertz CT molecular complexity index is 632. The van der Waals surface area contributed by atoms with Gasteiger partial charge in [-0.25, -0.2) is 0 Å². The lowest BCUT2D eigenvalue weighted by atomic mass is 9.93. The van der Waals surface area contributed by atoms with Crippen LogP contribution in [0.25, 0.3) is 0 Å². The van der Waals surface area contributed by atoms with E-state index >= 15 is 0 Å². The van der Waals surface area contributed by atoms with Gasteiger partial charge in [-0.05, 0) is 82.7 Å². The normalized spacial score (nSPS) is 19.5. The molecule has 0 spiro atoms. The lowest BCUT2D eigenvalue weighted by molar-refractivity contribution is -0.141. The van der Waals surface area contributed by atoms with Crippen LogP contribution in [-0.4, -0.2) is 48.8 Å². The third-order valence-corrected chi connectivity index (χ3v) is 5.81. The fraction of sp³-hybridized carbons (Fsp3) is 0.720. The number of piperidine rings is 1. The maximum Gasteiger partial charge on any atom is 0.256 e. The van der Waals surface area contributed by atoms with Crippen molar-refractivity contribution in [3.8, 4) is 5.75 Å². The summed E-state index contributed by atoms with van der Waals surface area (Å²) in [6.45, 7) is 14.1. The number of hydrogen-bond donors (Lipinski definition) is 1. The maximum atomic E-state index is 12.9. The van der Waals surface area contributed by atoms with Gasteiger partial charge in [-0.15, -0.1) is 0 Å². The van der Waals surface area contributed by atoms with Gasteiger partial charge in [0, 0.05) is 24.9 Å². The lowest BCUT2D eigenvalue weighted by Gasteiger charge is -2.33. The molecule has 1 aliphatic rings. The van der Waals surface area contributed by atoms with Gasteiger partial charge in [0.05, 0.1) is 6.61 Å². The Labute approximate surface area is 183 Å². The number of likely N-dealkylation sites (tertiary alicyclic amines) is 1. The number of ether oxygens (including phenoxy) is 2. The molecule has 5 heteroatoms. The van der Waals surface area contributed by atoms with E-state index in [-0.39, 0.29) is 5.91 Å². The van der Waals surface area contributed by atoms with Crippen molar-refractivity contribution in [1.29, 1.82) is 0 Å². The van der Waals surface area contributed by atoms with Crippen LogP contribution in [0.5, 0.6) is 5.75 Å². The Balaban J connectivity index is 1.80. The predicted octanol–water partition coefficient (Wildman–Crippen LogP) is 5.50. The van der Waals surface area contributed by atoms with Gasteiger partial charge in [0.2, 0.25) is 0 Å². The average Bonchev–Trinajstić information content (AvgIpc) is 2.71. The molecular formula is C25H42N2O3. The summed E-state index contributed by atoms with van der Waals surface area (Å²) < 4.78 is 11.8. The molecule has 2 rings (SSSR count). The summed E-state index contributed by atoms with van der Waals surface area (Å²) in [4.78, 5) is 15.4. The predicted molar refractivity (Wildman–Crippen MR) is 124 cm³/mol. The van der Waals surface area contributed by atoms with Crippen molar-refractivity contribution in [2.75, 3.05) is 31.6 Å². The highest BCUT2D eigenvalue weighted by Gasteiger charge is 2.34. The first kappa shape index (κ1) is 24.7. The van der Waals surface area contributed by atoms with Gasteiger partial charge in [0.25, 0.3) is 5.91 Å². The molecule has 1 saturated heterocycles. The van der Waals surface area contributed by atoms with Gasteiger partial charge in [-0.3, -0.25) is 4.79 Å². The Morgan fingerprint density at radius 3 is 2.60 bits per heavy atom. The number of carbonyl (C=O) groups is 1. The number of rotatable bonds is 12. The highest BCUT2D eigenvalue weighted by Crippen LogP contribution is 2.25. The van der Waals surface area contributed by atoms with Crippen LogP contribution in [0.15, 0.2) is 24.3 Å². The summed E-state index contributed by atoms with van der Waals surface area (Å²) in [5.74, 6) is 1.13. The topological polar surface area (TPSA) is 50.8 Å². The molecule has 5 nitrogen and oxygen atoms in total. The number of benzene rings is 1. The van der Waals surface area contributed by atoms with E-state index in [9.17, 15) is 4.79 Å². The lowest BCUT2D eigenvalue weighted by Crippen LogP contribution is -2.44. The summed E-state index contributed by atoms with van der Waals surface area (Å²) in [5.41, 5.74) is -0.0464. The van der Waals surface area contributed by atoms with E-state index in [0.29, 0.717) is 31.6 Å². The molecule has 0 aliphatic carbocycles. The molecule has 1 N–H and O–H groups in total. The van der Waals surface area contributed by atoms with E-state index in [1.807, 2.05) is 31.2 Å². The molecule has 0 saturated carbocycles. The van der Waals surface area contributed by atoms with Gasteiger partial charge in [-0.1, -0.05) is 27.2 Å². The van der Waals surface area contributed by atoms with E-state index in [4.69, 9.17) is 9.47 Å². The van der Waals surface area contributed by atoms with Crippen LogP contribution in [-0.2, 0) is 9.53 Å². The molecule has 170 valence electrons. The van der Waals surface area contributed by atoms with E-state index in [0.717, 1.165) is 30.8 Å². The van der Waals surface area contributed by atoms with Crippen LogP contribution in [0.2, 0.25) is 0 Å². The first-order valence-corrected chi connectivity index (χ1v) is 11.8. The van der Waals surface area contributed by atoms with Crippen molar-refractivity contribution in [1.82, 2.24) is 4.90 Å². The highest BCUT2D eigenvalue weighted by molar-refractivity contribution is 5.97. The number of hydrogen-bond acceptors (Lipinski definition) is 4. The standard InChI is InChI=1S/C25H42N2O3/c1-6-17-30-25(5,19-20(2)3)24(28)26-22-11-13-23(14-12-22)29-18-9-16-27-15-8-7-10-21(27)4/h11-14,20-21H,6-10,15-19H2,1-5H3,(H,26,28)/t21-,25+/m0/s1. The van der Waals surface area contributed by atoms with Crippen molar-refractivity contribution in [2.24, 2.45) is 5.92 Å². The maximum absolute atomic E-state index is 12.9. The minimum Gasteiger partial charge on any atom is -0.494 e. The number of amides is 1. The zero-order valence-corrected chi connectivity index (χ0v) is 19.7. The summed E-state index contributed by atoms with van der Waals surface area (Å²) in [6.07, 6.45) is 6.61. The number of nitrogens with zero attached hydrogens (tertiary/aromatic N) is 1.